The van der Waals surface area contributed by atoms with E-state index in [4.69, 9.17) is 5.73 Å². The highest BCUT2D eigenvalue weighted by molar-refractivity contribution is 4.82. The minimum Gasteiger partial charge on any atom is -0.324 e. The van der Waals surface area contributed by atoms with Gasteiger partial charge in [0.15, 0.2) is 5.82 Å². The molecule has 1 atom stereocenters. The van der Waals surface area contributed by atoms with Crippen molar-refractivity contribution >= 4 is 0 Å². The number of nitrogens with zero attached hydrogens (tertiary/aromatic N) is 4. The van der Waals surface area contributed by atoms with Crippen molar-refractivity contribution in [2.75, 3.05) is 0 Å². The molecule has 0 amide bonds. The molecule has 1 aromatic heterocycles. The van der Waals surface area contributed by atoms with Gasteiger partial charge in [0.1, 0.15) is 0 Å². The van der Waals surface area contributed by atoms with Gasteiger partial charge in [0.2, 0.25) is 0 Å². The molecule has 0 aromatic carbocycles. The van der Waals surface area contributed by atoms with Crippen LogP contribution in [-0.4, -0.2) is 20.2 Å². The highest BCUT2D eigenvalue weighted by atomic mass is 15.5. The number of hydrogen-bond acceptors (Lipinski definition) is 4. The Morgan fingerprint density at radius 3 is 2.58 bits per heavy atom. The van der Waals surface area contributed by atoms with Crippen molar-refractivity contribution in [3.63, 3.8) is 0 Å². The van der Waals surface area contributed by atoms with E-state index in [2.05, 4.69) is 36.3 Å². The number of aromatic nitrogens is 4. The second kappa shape index (κ2) is 3.62. The summed E-state index contributed by atoms with van der Waals surface area (Å²) >= 11 is 0. The molecule has 0 saturated carbocycles. The van der Waals surface area contributed by atoms with Gasteiger partial charge in [-0.05, 0) is 23.3 Å². The standard InChI is InChI=1S/C7H15N5/c1-5(2)6(3)12-7(4-8)9-10-11-12/h5-6H,4,8H2,1-3H3. The third kappa shape index (κ3) is 1.61. The first-order valence-electron chi connectivity index (χ1n) is 4.13. The van der Waals surface area contributed by atoms with Crippen LogP contribution in [0.25, 0.3) is 0 Å². The van der Waals surface area contributed by atoms with E-state index >= 15 is 0 Å². The Hall–Kier alpha value is -0.970. The van der Waals surface area contributed by atoms with Crippen molar-refractivity contribution in [3.8, 4) is 0 Å². The monoisotopic (exact) mass is 169 g/mol. The van der Waals surface area contributed by atoms with Crippen LogP contribution >= 0.6 is 0 Å². The minimum atomic E-state index is 0.304. The van der Waals surface area contributed by atoms with Crippen LogP contribution < -0.4 is 5.73 Å². The molecule has 1 aromatic rings. The minimum absolute atomic E-state index is 0.304. The molecule has 1 unspecified atom stereocenters. The Labute approximate surface area is 71.9 Å². The van der Waals surface area contributed by atoms with Crippen LogP contribution in [0.1, 0.15) is 32.6 Å². The van der Waals surface area contributed by atoms with Gasteiger partial charge in [-0.15, -0.1) is 5.10 Å². The van der Waals surface area contributed by atoms with E-state index in [0.717, 1.165) is 5.82 Å². The maximum atomic E-state index is 5.47. The molecule has 2 N–H and O–H groups in total. The van der Waals surface area contributed by atoms with Crippen molar-refractivity contribution in [3.05, 3.63) is 5.82 Å². The van der Waals surface area contributed by atoms with E-state index in [1.807, 2.05) is 0 Å². The fourth-order valence-corrected chi connectivity index (χ4v) is 0.945. The Balaban J connectivity index is 2.86. The molecule has 0 fully saturated rings. The Bertz CT molecular complexity index is 242. The molecule has 0 saturated heterocycles. The normalized spacial score (nSPS) is 13.8. The second-order valence-electron chi connectivity index (χ2n) is 3.23. The Morgan fingerprint density at radius 2 is 2.08 bits per heavy atom. The van der Waals surface area contributed by atoms with Gasteiger partial charge in [0.25, 0.3) is 0 Å². The molecular formula is C7H15N5. The number of hydrogen-bond donors (Lipinski definition) is 1. The van der Waals surface area contributed by atoms with Gasteiger partial charge in [-0.1, -0.05) is 13.8 Å². The highest BCUT2D eigenvalue weighted by Gasteiger charge is 2.14. The highest BCUT2D eigenvalue weighted by Crippen LogP contribution is 2.15. The zero-order chi connectivity index (χ0) is 9.14. The van der Waals surface area contributed by atoms with Gasteiger partial charge in [0, 0.05) is 0 Å². The summed E-state index contributed by atoms with van der Waals surface area (Å²) in [7, 11) is 0. The zero-order valence-electron chi connectivity index (χ0n) is 7.73. The van der Waals surface area contributed by atoms with Gasteiger partial charge in [-0.2, -0.15) is 0 Å². The summed E-state index contributed by atoms with van der Waals surface area (Å²) in [6.45, 7) is 6.74. The molecule has 68 valence electrons. The molecule has 5 nitrogen and oxygen atoms in total. The first kappa shape index (κ1) is 9.12. The van der Waals surface area contributed by atoms with Crippen LogP contribution in [0, 0.1) is 5.92 Å². The lowest BCUT2D eigenvalue weighted by molar-refractivity contribution is 0.358. The third-order valence-electron chi connectivity index (χ3n) is 2.09. The number of rotatable bonds is 3. The number of nitrogens with two attached hydrogens (primary N) is 1. The Morgan fingerprint density at radius 1 is 1.42 bits per heavy atom. The second-order valence-corrected chi connectivity index (χ2v) is 3.23. The van der Waals surface area contributed by atoms with Crippen molar-refractivity contribution < 1.29 is 0 Å². The lowest BCUT2D eigenvalue weighted by Crippen LogP contribution is -2.18. The van der Waals surface area contributed by atoms with E-state index in [1.54, 1.807) is 4.68 Å². The SMILES string of the molecule is CC(C)C(C)n1nnnc1CN. The van der Waals surface area contributed by atoms with Gasteiger partial charge in [-0.3, -0.25) is 0 Å². The lowest BCUT2D eigenvalue weighted by atomic mass is 10.1. The van der Waals surface area contributed by atoms with Crippen molar-refractivity contribution in [1.82, 2.24) is 20.2 Å². The van der Waals surface area contributed by atoms with E-state index in [9.17, 15) is 0 Å². The molecule has 0 aliphatic carbocycles. The summed E-state index contributed by atoms with van der Waals surface area (Å²) in [5, 5.41) is 11.3. The average molecular weight is 169 g/mol. The first-order valence-corrected chi connectivity index (χ1v) is 4.13. The van der Waals surface area contributed by atoms with Crippen LogP contribution in [0.4, 0.5) is 0 Å². The molecule has 0 aliphatic heterocycles. The first-order chi connectivity index (χ1) is 5.66. The van der Waals surface area contributed by atoms with E-state index < -0.39 is 0 Å². The van der Waals surface area contributed by atoms with Crippen molar-refractivity contribution in [2.45, 2.75) is 33.4 Å². The summed E-state index contributed by atoms with van der Waals surface area (Å²) in [4.78, 5) is 0. The molecule has 0 bridgehead atoms. The Kier molecular flexibility index (Phi) is 2.75. The van der Waals surface area contributed by atoms with Crippen LogP contribution in [0.2, 0.25) is 0 Å². The van der Waals surface area contributed by atoms with Crippen molar-refractivity contribution in [2.24, 2.45) is 11.7 Å². The molecule has 1 rings (SSSR count). The zero-order valence-corrected chi connectivity index (χ0v) is 7.73. The predicted molar refractivity (Wildman–Crippen MR) is 45.3 cm³/mol. The quantitative estimate of drug-likeness (QED) is 0.708. The molecule has 1 heterocycles. The average Bonchev–Trinajstić information content (AvgIpc) is 2.49. The molecule has 5 heteroatoms. The largest absolute Gasteiger partial charge is 0.324 e. The van der Waals surface area contributed by atoms with E-state index in [0.29, 0.717) is 18.5 Å². The van der Waals surface area contributed by atoms with E-state index in [-0.39, 0.29) is 0 Å². The van der Waals surface area contributed by atoms with Crippen LogP contribution in [0.3, 0.4) is 0 Å². The summed E-state index contributed by atoms with van der Waals surface area (Å²) in [5.74, 6) is 1.26. The fraction of sp³-hybridized carbons (Fsp3) is 0.857. The summed E-state index contributed by atoms with van der Waals surface area (Å²) in [6, 6.07) is 0.304. The fourth-order valence-electron chi connectivity index (χ4n) is 0.945. The van der Waals surface area contributed by atoms with Crippen LogP contribution in [0.5, 0.6) is 0 Å². The van der Waals surface area contributed by atoms with Gasteiger partial charge < -0.3 is 5.73 Å². The maximum absolute atomic E-state index is 5.47. The smallest absolute Gasteiger partial charge is 0.165 e. The van der Waals surface area contributed by atoms with Crippen LogP contribution in [-0.2, 0) is 6.54 Å². The number of tetrazole rings is 1. The lowest BCUT2D eigenvalue weighted by Gasteiger charge is -2.15. The summed E-state index contributed by atoms with van der Waals surface area (Å²) in [6.07, 6.45) is 0. The third-order valence-corrected chi connectivity index (χ3v) is 2.09. The van der Waals surface area contributed by atoms with Gasteiger partial charge in [-0.25, -0.2) is 4.68 Å². The molecule has 0 spiro atoms. The summed E-state index contributed by atoms with van der Waals surface area (Å²) in [5.41, 5.74) is 5.47. The van der Waals surface area contributed by atoms with Crippen molar-refractivity contribution in [1.29, 1.82) is 0 Å². The van der Waals surface area contributed by atoms with Gasteiger partial charge in [0.05, 0.1) is 12.6 Å². The molecule has 0 radical (unpaired) electrons. The van der Waals surface area contributed by atoms with Crippen LogP contribution in [0.15, 0.2) is 0 Å². The molecular weight excluding hydrogens is 154 g/mol. The maximum Gasteiger partial charge on any atom is 0.165 e. The topological polar surface area (TPSA) is 69.6 Å². The molecule has 12 heavy (non-hydrogen) atoms. The van der Waals surface area contributed by atoms with Gasteiger partial charge >= 0.3 is 0 Å². The predicted octanol–water partition coefficient (Wildman–Crippen LogP) is 0.349. The summed E-state index contributed by atoms with van der Waals surface area (Å²) < 4.78 is 1.78. The van der Waals surface area contributed by atoms with E-state index in [1.165, 1.54) is 0 Å². The molecule has 0 aliphatic rings.